The summed E-state index contributed by atoms with van der Waals surface area (Å²) in [7, 11) is 17.8. The zero-order valence-corrected chi connectivity index (χ0v) is 12.1. The van der Waals surface area contributed by atoms with Gasteiger partial charge in [0.05, 0.1) is 41.9 Å². The van der Waals surface area contributed by atoms with E-state index in [1.165, 1.54) is 19.3 Å². The van der Waals surface area contributed by atoms with Crippen molar-refractivity contribution in [1.29, 1.82) is 0 Å². The Morgan fingerprint density at radius 2 is 1.20 bits per heavy atom. The minimum atomic E-state index is 1.22. The summed E-state index contributed by atoms with van der Waals surface area (Å²) in [6, 6.07) is 0. The molecule has 0 aliphatic carbocycles. The van der Waals surface area contributed by atoms with E-state index in [4.69, 9.17) is 0 Å². The van der Waals surface area contributed by atoms with E-state index < -0.39 is 0 Å². The fraction of sp³-hybridized carbons (Fsp3) is 0.800. The lowest BCUT2D eigenvalue weighted by molar-refractivity contribution is -0.466. The largest absolute Gasteiger partial charge is 0.298 e. The topological polar surface area (TPSA) is 12.7 Å². The van der Waals surface area contributed by atoms with Gasteiger partial charge in [-0.25, -0.2) is 0 Å². The zero-order chi connectivity index (χ0) is 12.2. The van der Waals surface area contributed by atoms with E-state index in [1.807, 2.05) is 0 Å². The fourth-order valence-electron chi connectivity index (χ4n) is 1.29. The van der Waals surface area contributed by atoms with Crippen LogP contribution in [-0.2, 0) is 0 Å². The highest BCUT2D eigenvalue weighted by Crippen LogP contribution is 2.08. The molecule has 0 amide bonds. The second kappa shape index (κ2) is 6.21. The predicted octanol–water partition coefficient (Wildman–Crippen LogP) is 0.333. The molecule has 5 heteroatoms. The molecule has 0 fully saturated rings. The molecule has 0 unspecified atom stereocenters. The van der Waals surface area contributed by atoms with E-state index in [2.05, 4.69) is 75.7 Å². The van der Waals surface area contributed by atoms with Gasteiger partial charge in [-0.15, -0.1) is 0 Å². The van der Waals surface area contributed by atoms with Gasteiger partial charge in [0.1, 0.15) is 0 Å². The predicted molar refractivity (Wildman–Crippen MR) is 70.1 cm³/mol. The second-order valence-corrected chi connectivity index (χ2v) is 5.31. The van der Waals surface area contributed by atoms with Crippen molar-refractivity contribution in [3.8, 4) is 0 Å². The van der Waals surface area contributed by atoms with Gasteiger partial charge in [-0.2, -0.15) is 0 Å². The van der Waals surface area contributed by atoms with Gasteiger partial charge in [-0.3, -0.25) is 19.3 Å². The highest BCUT2D eigenvalue weighted by molar-refractivity contribution is 7.58. The van der Waals surface area contributed by atoms with Crippen LogP contribution >= 0.6 is 8.20 Å². The van der Waals surface area contributed by atoms with E-state index >= 15 is 0 Å². The molecular formula is C10H24N4P+. The van der Waals surface area contributed by atoms with Crippen LogP contribution in [0.2, 0.25) is 0 Å². The molecule has 0 aromatic heterocycles. The maximum Gasteiger partial charge on any atom is 0.298 e. The van der Waals surface area contributed by atoms with E-state index in [9.17, 15) is 0 Å². The Bertz CT molecular complexity index is 253. The van der Waals surface area contributed by atoms with Crippen LogP contribution in [0.5, 0.6) is 0 Å². The van der Waals surface area contributed by atoms with Gasteiger partial charge >= 0.3 is 0 Å². The molecule has 0 aliphatic rings. The summed E-state index contributed by atoms with van der Waals surface area (Å²) in [5.74, 6) is 0. The summed E-state index contributed by atoms with van der Waals surface area (Å²) < 4.78 is 2.15. The van der Waals surface area contributed by atoms with E-state index in [1.54, 1.807) is 0 Å². The van der Waals surface area contributed by atoms with Crippen LogP contribution in [-0.4, -0.2) is 86.8 Å². The Kier molecular flexibility index (Phi) is 6.03. The van der Waals surface area contributed by atoms with Crippen LogP contribution in [0.1, 0.15) is 0 Å². The Balaban J connectivity index is 5.20. The SMILES string of the molecule is CN(C)C(=PC(N(C)C)=[N+](C)C)N(C)C. The number of hydrogen-bond donors (Lipinski definition) is 0. The molecule has 0 N–H and O–H groups in total. The van der Waals surface area contributed by atoms with Gasteiger partial charge in [0.15, 0.2) is 0 Å². The van der Waals surface area contributed by atoms with Crippen LogP contribution in [0.4, 0.5) is 0 Å². The summed E-state index contributed by atoms with van der Waals surface area (Å²) in [4.78, 5) is 6.44. The van der Waals surface area contributed by atoms with Crippen molar-refractivity contribution < 1.29 is 4.58 Å². The van der Waals surface area contributed by atoms with Crippen LogP contribution in [0.15, 0.2) is 0 Å². The average Bonchev–Trinajstić information content (AvgIpc) is 2.01. The molecule has 15 heavy (non-hydrogen) atoms. The molecule has 0 saturated heterocycles. The summed E-state index contributed by atoms with van der Waals surface area (Å²) in [6.07, 6.45) is 0. The lowest BCUT2D eigenvalue weighted by Crippen LogP contribution is -2.36. The summed E-state index contributed by atoms with van der Waals surface area (Å²) in [5.41, 5.74) is 2.54. The van der Waals surface area contributed by atoms with E-state index in [0.29, 0.717) is 0 Å². The van der Waals surface area contributed by atoms with Crippen molar-refractivity contribution in [2.75, 3.05) is 56.4 Å². The van der Waals surface area contributed by atoms with Gasteiger partial charge in [0, 0.05) is 0 Å². The maximum atomic E-state index is 2.15. The lowest BCUT2D eigenvalue weighted by Gasteiger charge is -2.21. The summed E-state index contributed by atoms with van der Waals surface area (Å²) in [6.45, 7) is 0. The third-order valence-corrected chi connectivity index (χ3v) is 3.80. The van der Waals surface area contributed by atoms with Gasteiger partial charge in [-0.1, -0.05) is 0 Å². The molecule has 0 spiro atoms. The highest BCUT2D eigenvalue weighted by atomic mass is 31.1. The molecule has 0 rings (SSSR count). The average molecular weight is 231 g/mol. The molecule has 0 radical (unpaired) electrons. The van der Waals surface area contributed by atoms with Crippen molar-refractivity contribution in [2.45, 2.75) is 0 Å². The van der Waals surface area contributed by atoms with E-state index in [0.717, 1.165) is 0 Å². The van der Waals surface area contributed by atoms with Gasteiger partial charge in [0.2, 0.25) is 0 Å². The maximum absolute atomic E-state index is 2.15. The number of nitrogens with zero attached hydrogens (tertiary/aromatic N) is 4. The molecule has 0 heterocycles. The molecule has 0 atom stereocenters. The monoisotopic (exact) mass is 231 g/mol. The Morgan fingerprint density at radius 3 is 1.40 bits per heavy atom. The Hall–Kier alpha value is -0.440. The van der Waals surface area contributed by atoms with Crippen molar-refractivity contribution in [2.24, 2.45) is 0 Å². The van der Waals surface area contributed by atoms with Crippen LogP contribution in [0.3, 0.4) is 0 Å². The fourth-order valence-corrected chi connectivity index (χ4v) is 2.27. The molecular weight excluding hydrogens is 207 g/mol. The first kappa shape index (κ1) is 14.6. The molecule has 0 bridgehead atoms. The molecule has 0 aromatic rings. The number of hydrogen-bond acceptors (Lipinski definition) is 0. The van der Waals surface area contributed by atoms with E-state index in [-0.39, 0.29) is 0 Å². The third-order valence-electron chi connectivity index (χ3n) is 1.80. The highest BCUT2D eigenvalue weighted by Gasteiger charge is 2.13. The third kappa shape index (κ3) is 4.74. The minimum Gasteiger partial charge on any atom is -0.268 e. The first-order valence-electron chi connectivity index (χ1n) is 4.92. The number of amidine groups is 1. The van der Waals surface area contributed by atoms with Crippen molar-refractivity contribution in [3.63, 3.8) is 0 Å². The lowest BCUT2D eigenvalue weighted by atomic mass is 10.8. The summed E-state index contributed by atoms with van der Waals surface area (Å²) in [5, 5.41) is 0. The van der Waals surface area contributed by atoms with Gasteiger partial charge in [-0.05, 0) is 28.2 Å². The minimum absolute atomic E-state index is 1.22. The summed E-state index contributed by atoms with van der Waals surface area (Å²) >= 11 is 0. The quantitative estimate of drug-likeness (QED) is 0.301. The van der Waals surface area contributed by atoms with Crippen LogP contribution < -0.4 is 0 Å². The molecule has 4 nitrogen and oxygen atoms in total. The smallest absolute Gasteiger partial charge is 0.268 e. The number of rotatable bonds is 3. The normalized spacial score (nSPS) is 11.1. The van der Waals surface area contributed by atoms with Crippen molar-refractivity contribution in [1.82, 2.24) is 14.7 Å². The standard InChI is InChI=1S/C10H24N4P/c1-11(2)9(12(3)4)15-10(13(5)6)14(7)8/h1-8H3/q+1. The van der Waals surface area contributed by atoms with Gasteiger partial charge in [0.25, 0.3) is 5.58 Å². The first-order valence-corrected chi connectivity index (χ1v) is 5.81. The van der Waals surface area contributed by atoms with Crippen molar-refractivity contribution >= 4 is 19.3 Å². The van der Waals surface area contributed by atoms with Gasteiger partial charge < -0.3 is 0 Å². The zero-order valence-electron chi connectivity index (χ0n) is 11.2. The molecule has 0 aromatic carbocycles. The second-order valence-electron chi connectivity index (χ2n) is 4.29. The van der Waals surface area contributed by atoms with Crippen molar-refractivity contribution in [3.05, 3.63) is 0 Å². The Labute approximate surface area is 95.6 Å². The van der Waals surface area contributed by atoms with Crippen LogP contribution in [0, 0.1) is 0 Å². The first-order chi connectivity index (χ1) is 6.77. The molecule has 0 aliphatic heterocycles. The molecule has 88 valence electrons. The molecule has 0 saturated carbocycles. The van der Waals surface area contributed by atoms with Crippen LogP contribution in [0.25, 0.3) is 0 Å². The Morgan fingerprint density at radius 1 is 0.800 bits per heavy atom.